The van der Waals surface area contributed by atoms with Crippen LogP contribution in [0.2, 0.25) is 0 Å². The first-order chi connectivity index (χ1) is 10.7. The van der Waals surface area contributed by atoms with Crippen LogP contribution in [-0.2, 0) is 30.9 Å². The van der Waals surface area contributed by atoms with Crippen LogP contribution in [0.1, 0.15) is 36.8 Å². The fourth-order valence-corrected chi connectivity index (χ4v) is 2.28. The molecular weight excluding hydrogens is 324 g/mol. The molecule has 0 unspecified atom stereocenters. The van der Waals surface area contributed by atoms with Crippen LogP contribution in [-0.4, -0.2) is 43.7 Å². The van der Waals surface area contributed by atoms with Gasteiger partial charge in [0.15, 0.2) is 0 Å². The predicted octanol–water partition coefficient (Wildman–Crippen LogP) is 0.629. The van der Waals surface area contributed by atoms with Gasteiger partial charge in [0.25, 0.3) is 5.91 Å². The number of carbonyl (C=O) groups excluding carboxylic acids is 2. The molecule has 1 aromatic rings. The number of carbonyl (C=O) groups is 2. The molecule has 1 rings (SSSR count). The summed E-state index contributed by atoms with van der Waals surface area (Å²) in [6.07, 6.45) is 1.13. The van der Waals surface area contributed by atoms with Crippen molar-refractivity contribution in [3.63, 3.8) is 0 Å². The van der Waals surface area contributed by atoms with Crippen molar-refractivity contribution in [1.82, 2.24) is 9.71 Å². The minimum atomic E-state index is -3.78. The van der Waals surface area contributed by atoms with E-state index in [0.29, 0.717) is 5.69 Å². The highest BCUT2D eigenvalue weighted by molar-refractivity contribution is 7.90. The van der Waals surface area contributed by atoms with Gasteiger partial charge in [-0.15, -0.1) is 0 Å². The van der Waals surface area contributed by atoms with E-state index in [9.17, 15) is 18.0 Å². The third-order valence-electron chi connectivity index (χ3n) is 2.56. The summed E-state index contributed by atoms with van der Waals surface area (Å²) in [6.45, 7) is 4.83. The van der Waals surface area contributed by atoms with Gasteiger partial charge in [0, 0.05) is 13.1 Å². The van der Waals surface area contributed by atoms with Crippen molar-refractivity contribution in [3.05, 3.63) is 29.6 Å². The molecule has 1 heterocycles. The van der Waals surface area contributed by atoms with Crippen LogP contribution in [0.4, 0.5) is 0 Å². The summed E-state index contributed by atoms with van der Waals surface area (Å²) < 4.78 is 35.3. The second-order valence-corrected chi connectivity index (χ2v) is 6.83. The normalized spacial score (nSPS) is 11.3. The minimum Gasteiger partial charge on any atom is -0.459 e. The van der Waals surface area contributed by atoms with E-state index in [1.54, 1.807) is 13.8 Å². The van der Waals surface area contributed by atoms with E-state index in [1.807, 2.05) is 4.72 Å². The van der Waals surface area contributed by atoms with Gasteiger partial charge in [-0.3, -0.25) is 14.6 Å². The average Bonchev–Trinajstić information content (AvgIpc) is 2.44. The first kappa shape index (κ1) is 19.0. The van der Waals surface area contributed by atoms with Gasteiger partial charge in [0.2, 0.25) is 10.0 Å². The maximum Gasteiger partial charge on any atom is 0.303 e. The number of hydrogen-bond acceptors (Lipinski definition) is 7. The second-order valence-electron chi connectivity index (χ2n) is 4.99. The standard InChI is InChI=1S/C14H20N2O6S/c1-10(2)21-6-7-23(19,20)16-14(18)12-4-5-13(15-8-12)9-22-11(3)17/h4-5,8,10H,6-7,9H2,1-3H3,(H,16,18). The van der Waals surface area contributed by atoms with Crippen LogP contribution in [0, 0.1) is 0 Å². The van der Waals surface area contributed by atoms with Crippen molar-refractivity contribution >= 4 is 21.9 Å². The zero-order valence-corrected chi connectivity index (χ0v) is 14.1. The monoisotopic (exact) mass is 344 g/mol. The van der Waals surface area contributed by atoms with E-state index in [1.165, 1.54) is 25.3 Å². The van der Waals surface area contributed by atoms with E-state index in [2.05, 4.69) is 4.98 Å². The van der Waals surface area contributed by atoms with Crippen molar-refractivity contribution in [2.45, 2.75) is 33.5 Å². The van der Waals surface area contributed by atoms with Crippen LogP contribution in [0.15, 0.2) is 18.3 Å². The molecule has 0 atom stereocenters. The Morgan fingerprint density at radius 3 is 2.52 bits per heavy atom. The van der Waals surface area contributed by atoms with E-state index >= 15 is 0 Å². The fraction of sp³-hybridized carbons (Fsp3) is 0.500. The van der Waals surface area contributed by atoms with Crippen molar-refractivity contribution in [2.75, 3.05) is 12.4 Å². The zero-order chi connectivity index (χ0) is 17.5. The van der Waals surface area contributed by atoms with E-state index in [-0.39, 0.29) is 30.6 Å². The SMILES string of the molecule is CC(=O)OCc1ccc(C(=O)NS(=O)(=O)CCOC(C)C)cn1. The largest absolute Gasteiger partial charge is 0.459 e. The Bertz CT molecular complexity index is 640. The number of amides is 1. The highest BCUT2D eigenvalue weighted by atomic mass is 32.2. The summed E-state index contributed by atoms with van der Waals surface area (Å²) in [6, 6.07) is 2.88. The third kappa shape index (κ3) is 7.71. The number of esters is 1. The van der Waals surface area contributed by atoms with E-state index in [4.69, 9.17) is 9.47 Å². The smallest absolute Gasteiger partial charge is 0.303 e. The molecule has 0 bridgehead atoms. The first-order valence-electron chi connectivity index (χ1n) is 6.94. The Kier molecular flexibility index (Phi) is 7.11. The molecule has 0 saturated carbocycles. The fourth-order valence-electron chi connectivity index (χ4n) is 1.46. The molecule has 0 aromatic carbocycles. The molecule has 0 radical (unpaired) electrons. The van der Waals surface area contributed by atoms with Crippen molar-refractivity contribution < 1.29 is 27.5 Å². The van der Waals surface area contributed by atoms with Crippen molar-refractivity contribution in [2.24, 2.45) is 0 Å². The molecule has 0 fully saturated rings. The van der Waals surface area contributed by atoms with Crippen LogP contribution in [0.3, 0.4) is 0 Å². The first-order valence-corrected chi connectivity index (χ1v) is 8.59. The molecule has 1 aromatic heterocycles. The van der Waals surface area contributed by atoms with Crippen LogP contribution < -0.4 is 4.72 Å². The van der Waals surface area contributed by atoms with Gasteiger partial charge >= 0.3 is 5.97 Å². The topological polar surface area (TPSA) is 112 Å². The summed E-state index contributed by atoms with van der Waals surface area (Å²) in [5.74, 6) is -1.53. The summed E-state index contributed by atoms with van der Waals surface area (Å²) in [5.41, 5.74) is 0.537. The van der Waals surface area contributed by atoms with Crippen molar-refractivity contribution in [1.29, 1.82) is 0 Å². The molecule has 1 N–H and O–H groups in total. The highest BCUT2D eigenvalue weighted by Gasteiger charge is 2.16. The second kappa shape index (κ2) is 8.59. The molecule has 0 saturated heterocycles. The number of aromatic nitrogens is 1. The summed E-state index contributed by atoms with van der Waals surface area (Å²) in [5, 5.41) is 0. The van der Waals surface area contributed by atoms with Gasteiger partial charge in [-0.05, 0) is 26.0 Å². The lowest BCUT2D eigenvalue weighted by Crippen LogP contribution is -2.34. The molecule has 128 valence electrons. The molecule has 9 heteroatoms. The number of rotatable bonds is 8. The molecule has 0 spiro atoms. The molecule has 0 aliphatic carbocycles. The van der Waals surface area contributed by atoms with Gasteiger partial charge in [0.05, 0.1) is 29.7 Å². The number of ether oxygens (including phenoxy) is 2. The highest BCUT2D eigenvalue weighted by Crippen LogP contribution is 2.03. The number of hydrogen-bond donors (Lipinski definition) is 1. The number of pyridine rings is 1. The summed E-state index contributed by atoms with van der Waals surface area (Å²) in [4.78, 5) is 26.5. The number of nitrogens with zero attached hydrogens (tertiary/aromatic N) is 1. The van der Waals surface area contributed by atoms with Gasteiger partial charge in [0.1, 0.15) is 6.61 Å². The predicted molar refractivity (Wildman–Crippen MR) is 82.0 cm³/mol. The number of sulfonamides is 1. The molecule has 1 amide bonds. The Hall–Kier alpha value is -2.00. The molecular formula is C14H20N2O6S. The average molecular weight is 344 g/mol. The van der Waals surface area contributed by atoms with E-state index < -0.39 is 21.9 Å². The summed E-state index contributed by atoms with van der Waals surface area (Å²) in [7, 11) is -3.78. The summed E-state index contributed by atoms with van der Waals surface area (Å²) >= 11 is 0. The van der Waals surface area contributed by atoms with Crippen LogP contribution in [0.25, 0.3) is 0 Å². The van der Waals surface area contributed by atoms with Gasteiger partial charge in [-0.2, -0.15) is 0 Å². The maximum absolute atomic E-state index is 11.9. The molecule has 0 aliphatic heterocycles. The number of nitrogens with one attached hydrogen (secondary N) is 1. The lowest BCUT2D eigenvalue weighted by Gasteiger charge is -2.09. The van der Waals surface area contributed by atoms with Gasteiger partial charge in [-0.25, -0.2) is 13.1 Å². The molecule has 0 aliphatic rings. The van der Waals surface area contributed by atoms with Gasteiger partial charge < -0.3 is 9.47 Å². The van der Waals surface area contributed by atoms with E-state index in [0.717, 1.165) is 0 Å². The van der Waals surface area contributed by atoms with Crippen LogP contribution >= 0.6 is 0 Å². The molecule has 8 nitrogen and oxygen atoms in total. The van der Waals surface area contributed by atoms with Gasteiger partial charge in [-0.1, -0.05) is 0 Å². The molecule has 23 heavy (non-hydrogen) atoms. The van der Waals surface area contributed by atoms with Crippen molar-refractivity contribution in [3.8, 4) is 0 Å². The Balaban J connectivity index is 2.58. The maximum atomic E-state index is 11.9. The Morgan fingerprint density at radius 2 is 2.00 bits per heavy atom. The quantitative estimate of drug-likeness (QED) is 0.688. The Morgan fingerprint density at radius 1 is 1.30 bits per heavy atom. The lowest BCUT2D eigenvalue weighted by atomic mass is 10.2. The lowest BCUT2D eigenvalue weighted by molar-refractivity contribution is -0.142. The third-order valence-corrected chi connectivity index (χ3v) is 3.76. The van der Waals surface area contributed by atoms with Crippen LogP contribution in [0.5, 0.6) is 0 Å². The zero-order valence-electron chi connectivity index (χ0n) is 13.2. The Labute approximate surface area is 135 Å². The minimum absolute atomic E-state index is 0.000146.